The van der Waals surface area contributed by atoms with Crippen molar-refractivity contribution in [3.63, 3.8) is 0 Å². The lowest BCUT2D eigenvalue weighted by Gasteiger charge is -2.25. The Bertz CT molecular complexity index is 459. The number of pyridine rings is 1. The van der Waals surface area contributed by atoms with E-state index in [0.717, 1.165) is 25.7 Å². The van der Waals surface area contributed by atoms with E-state index in [9.17, 15) is 13.2 Å². The van der Waals surface area contributed by atoms with Crippen LogP contribution in [0.4, 0.5) is 13.2 Å². The number of hydrogen-bond acceptors (Lipinski definition) is 2. The van der Waals surface area contributed by atoms with E-state index < -0.39 is 22.8 Å². The van der Waals surface area contributed by atoms with Gasteiger partial charge in [-0.15, -0.1) is 0 Å². The van der Waals surface area contributed by atoms with Gasteiger partial charge >= 0.3 is 6.18 Å². The number of nitrogens with zero attached hydrogens (tertiary/aromatic N) is 1. The Morgan fingerprint density at radius 1 is 1.18 bits per heavy atom. The summed E-state index contributed by atoms with van der Waals surface area (Å²) in [5.74, 6) is 0. The van der Waals surface area contributed by atoms with Crippen molar-refractivity contribution in [2.75, 3.05) is 0 Å². The van der Waals surface area contributed by atoms with Crippen molar-refractivity contribution in [1.29, 1.82) is 0 Å². The number of rotatable bonds is 2. The number of halogens is 3. The molecule has 0 amide bonds. The van der Waals surface area contributed by atoms with Crippen LogP contribution in [0.2, 0.25) is 0 Å². The van der Waals surface area contributed by atoms with Crippen LogP contribution in [0.1, 0.15) is 36.9 Å². The zero-order chi connectivity index (χ0) is 12.3. The van der Waals surface area contributed by atoms with Gasteiger partial charge < -0.3 is 5.73 Å². The second-order valence-corrected chi connectivity index (χ2v) is 5.14. The molecule has 2 fully saturated rings. The van der Waals surface area contributed by atoms with E-state index in [4.69, 9.17) is 5.73 Å². The Labute approximate surface area is 97.0 Å². The minimum Gasteiger partial charge on any atom is -0.324 e. The highest BCUT2D eigenvalue weighted by atomic mass is 19.4. The summed E-state index contributed by atoms with van der Waals surface area (Å²) in [6.07, 6.45) is -0.0646. The first-order chi connectivity index (χ1) is 7.89. The minimum absolute atomic E-state index is 0.299. The highest BCUT2D eigenvalue weighted by Crippen LogP contribution is 2.64. The summed E-state index contributed by atoms with van der Waals surface area (Å²) in [6.45, 7) is 0. The average Bonchev–Trinajstić information content (AvgIpc) is 3.12. The first kappa shape index (κ1) is 11.0. The molecule has 0 unspecified atom stereocenters. The van der Waals surface area contributed by atoms with E-state index in [1.54, 1.807) is 6.07 Å². The molecule has 1 heterocycles. The Morgan fingerprint density at radius 2 is 1.82 bits per heavy atom. The molecule has 2 aliphatic carbocycles. The largest absolute Gasteiger partial charge is 0.433 e. The average molecular weight is 242 g/mol. The molecule has 2 N–H and O–H groups in total. The Kier molecular flexibility index (Phi) is 1.95. The molecule has 17 heavy (non-hydrogen) atoms. The molecule has 2 aliphatic rings. The second-order valence-electron chi connectivity index (χ2n) is 5.14. The first-order valence-electron chi connectivity index (χ1n) is 5.71. The van der Waals surface area contributed by atoms with Crippen LogP contribution in [0.5, 0.6) is 0 Å². The third-order valence-corrected chi connectivity index (χ3v) is 4.08. The molecule has 3 rings (SSSR count). The van der Waals surface area contributed by atoms with Crippen molar-refractivity contribution in [1.82, 2.24) is 4.98 Å². The van der Waals surface area contributed by atoms with Crippen molar-refractivity contribution < 1.29 is 13.2 Å². The highest BCUT2D eigenvalue weighted by Gasteiger charge is 2.65. The minimum atomic E-state index is -4.39. The fraction of sp³-hybridized carbons (Fsp3) is 0.583. The number of aromatic nitrogens is 1. The van der Waals surface area contributed by atoms with E-state index in [2.05, 4.69) is 4.98 Å². The van der Waals surface area contributed by atoms with Crippen LogP contribution in [-0.2, 0) is 11.6 Å². The number of alkyl halides is 3. The third kappa shape index (κ3) is 1.48. The summed E-state index contributed by atoms with van der Waals surface area (Å²) in [7, 11) is 0. The van der Waals surface area contributed by atoms with Gasteiger partial charge in [0.05, 0.1) is 0 Å². The topological polar surface area (TPSA) is 38.9 Å². The van der Waals surface area contributed by atoms with E-state index in [0.29, 0.717) is 5.56 Å². The molecule has 5 heteroatoms. The SMILES string of the molecule is NC1(C2(c3cccnc3C(F)(F)F)CC2)CC1. The number of nitrogens with two attached hydrogens (primary N) is 1. The van der Waals surface area contributed by atoms with Crippen molar-refractivity contribution in [2.24, 2.45) is 5.73 Å². The molecular weight excluding hydrogens is 229 g/mol. The van der Waals surface area contributed by atoms with Crippen molar-refractivity contribution in [2.45, 2.75) is 42.8 Å². The fourth-order valence-corrected chi connectivity index (χ4v) is 2.79. The predicted octanol–water partition coefficient (Wildman–Crippen LogP) is 2.62. The molecular formula is C12H13F3N2. The van der Waals surface area contributed by atoms with E-state index in [-0.39, 0.29) is 0 Å². The maximum atomic E-state index is 12.9. The molecule has 0 radical (unpaired) electrons. The lowest BCUT2D eigenvalue weighted by atomic mass is 9.85. The van der Waals surface area contributed by atoms with Gasteiger partial charge in [-0.1, -0.05) is 6.07 Å². The molecule has 92 valence electrons. The summed E-state index contributed by atoms with van der Waals surface area (Å²) < 4.78 is 38.7. The molecule has 1 aromatic rings. The van der Waals surface area contributed by atoms with Crippen LogP contribution in [0.25, 0.3) is 0 Å². The van der Waals surface area contributed by atoms with Gasteiger partial charge in [-0.3, -0.25) is 4.98 Å². The zero-order valence-electron chi connectivity index (χ0n) is 9.22. The van der Waals surface area contributed by atoms with Crippen molar-refractivity contribution in [3.8, 4) is 0 Å². The van der Waals surface area contributed by atoms with Crippen LogP contribution in [0.3, 0.4) is 0 Å². The maximum absolute atomic E-state index is 12.9. The smallest absolute Gasteiger partial charge is 0.324 e. The van der Waals surface area contributed by atoms with E-state index >= 15 is 0 Å². The highest BCUT2D eigenvalue weighted by molar-refractivity contribution is 5.43. The lowest BCUT2D eigenvalue weighted by molar-refractivity contribution is -0.142. The molecule has 0 atom stereocenters. The summed E-state index contributed by atoms with van der Waals surface area (Å²) in [4.78, 5) is 3.52. The van der Waals surface area contributed by atoms with Gasteiger partial charge in [0.25, 0.3) is 0 Å². The van der Waals surface area contributed by atoms with Gasteiger partial charge in [0.2, 0.25) is 0 Å². The van der Waals surface area contributed by atoms with Crippen LogP contribution in [0.15, 0.2) is 18.3 Å². The zero-order valence-corrected chi connectivity index (χ0v) is 9.22. The standard InChI is InChI=1S/C12H13F3N2/c13-12(14,15)9-8(2-1-7-17-9)10(3-4-10)11(16)5-6-11/h1-2,7H,3-6,16H2. The van der Waals surface area contributed by atoms with Crippen LogP contribution < -0.4 is 5.73 Å². The summed E-state index contributed by atoms with van der Waals surface area (Å²) in [5.41, 5.74) is 4.79. The van der Waals surface area contributed by atoms with Crippen molar-refractivity contribution >= 4 is 0 Å². The molecule has 0 saturated heterocycles. The molecule has 0 spiro atoms. The monoisotopic (exact) mass is 242 g/mol. The summed E-state index contributed by atoms with van der Waals surface area (Å²) in [6, 6.07) is 3.10. The van der Waals surface area contributed by atoms with Gasteiger partial charge in [0.15, 0.2) is 0 Å². The Morgan fingerprint density at radius 3 is 2.29 bits per heavy atom. The lowest BCUT2D eigenvalue weighted by Crippen LogP contribution is -2.38. The molecule has 0 aliphatic heterocycles. The van der Waals surface area contributed by atoms with Gasteiger partial charge in [-0.2, -0.15) is 13.2 Å². The second kappa shape index (κ2) is 3.02. The van der Waals surface area contributed by atoms with Gasteiger partial charge in [0.1, 0.15) is 5.69 Å². The maximum Gasteiger partial charge on any atom is 0.433 e. The number of hydrogen-bond donors (Lipinski definition) is 1. The molecule has 2 nitrogen and oxygen atoms in total. The van der Waals surface area contributed by atoms with Crippen molar-refractivity contribution in [3.05, 3.63) is 29.6 Å². The predicted molar refractivity (Wildman–Crippen MR) is 56.3 cm³/mol. The van der Waals surface area contributed by atoms with Gasteiger partial charge in [0, 0.05) is 17.2 Å². The third-order valence-electron chi connectivity index (χ3n) is 4.08. The van der Waals surface area contributed by atoms with Gasteiger partial charge in [-0.25, -0.2) is 0 Å². The van der Waals surface area contributed by atoms with Gasteiger partial charge in [-0.05, 0) is 37.3 Å². The van der Waals surface area contributed by atoms with E-state index in [1.807, 2.05) is 0 Å². The Balaban J connectivity index is 2.10. The molecule has 2 saturated carbocycles. The molecule has 0 aromatic carbocycles. The normalized spacial score (nSPS) is 24.5. The van der Waals surface area contributed by atoms with E-state index in [1.165, 1.54) is 12.3 Å². The van der Waals surface area contributed by atoms with Crippen LogP contribution >= 0.6 is 0 Å². The molecule has 0 bridgehead atoms. The van der Waals surface area contributed by atoms with Crippen LogP contribution in [0, 0.1) is 0 Å². The van der Waals surface area contributed by atoms with Crippen LogP contribution in [-0.4, -0.2) is 10.5 Å². The quantitative estimate of drug-likeness (QED) is 0.865. The summed E-state index contributed by atoms with van der Waals surface area (Å²) >= 11 is 0. The fourth-order valence-electron chi connectivity index (χ4n) is 2.79. The molecule has 1 aromatic heterocycles. The Hall–Kier alpha value is -1.10. The summed E-state index contributed by atoms with van der Waals surface area (Å²) in [5, 5.41) is 0. The first-order valence-corrected chi connectivity index (χ1v) is 5.71.